The molecule has 0 saturated heterocycles. The molecule has 0 radical (unpaired) electrons. The van der Waals surface area contributed by atoms with E-state index in [1.54, 1.807) is 30.1 Å². The van der Waals surface area contributed by atoms with Gasteiger partial charge in [-0.15, -0.1) is 0 Å². The van der Waals surface area contributed by atoms with Crippen LogP contribution in [-0.4, -0.2) is 33.0 Å². The Morgan fingerprint density at radius 2 is 1.85 bits per heavy atom. The van der Waals surface area contributed by atoms with E-state index in [-0.39, 0.29) is 5.91 Å². The molecule has 0 bridgehead atoms. The van der Waals surface area contributed by atoms with Crippen LogP contribution in [-0.2, 0) is 0 Å². The molecule has 0 aliphatic rings. The van der Waals surface area contributed by atoms with E-state index in [1.165, 1.54) is 0 Å². The molecular weight excluding hydrogens is 342 g/mol. The Morgan fingerprint density at radius 3 is 2.52 bits per heavy atom. The molecule has 0 spiro atoms. The van der Waals surface area contributed by atoms with Gasteiger partial charge in [-0.3, -0.25) is 9.89 Å². The van der Waals surface area contributed by atoms with Crippen molar-refractivity contribution >= 4 is 11.7 Å². The summed E-state index contributed by atoms with van der Waals surface area (Å²) in [4.78, 5) is 12.6. The number of aromatic nitrogens is 4. The predicted molar refractivity (Wildman–Crippen MR) is 102 cm³/mol. The van der Waals surface area contributed by atoms with Gasteiger partial charge in [0.25, 0.3) is 5.91 Å². The molecule has 7 heteroatoms. The molecule has 0 aliphatic carbocycles. The van der Waals surface area contributed by atoms with Crippen LogP contribution in [0.5, 0.6) is 5.75 Å². The van der Waals surface area contributed by atoms with E-state index >= 15 is 0 Å². The average Bonchev–Trinajstić information content (AvgIpc) is 3.39. The van der Waals surface area contributed by atoms with Gasteiger partial charge in [-0.25, -0.2) is 4.68 Å². The van der Waals surface area contributed by atoms with Crippen LogP contribution >= 0.6 is 0 Å². The number of ether oxygens (including phenoxy) is 1. The Balaban J connectivity index is 1.76. The SMILES string of the molecule is COc1ccc(-c2cc(C(=O)Nc3ccn[nH]3)nn2-c2ccccc2)cc1. The first kappa shape index (κ1) is 16.6. The minimum Gasteiger partial charge on any atom is -0.497 e. The standard InChI is InChI=1S/C20H17N5O2/c1-27-16-9-7-14(8-10-16)18-13-17(20(26)22-19-11-12-21-23-19)24-25(18)15-5-3-2-4-6-15/h2-13H,1H3,(H2,21,22,23,26). The number of methoxy groups -OCH3 is 1. The Hall–Kier alpha value is -3.87. The second-order valence-electron chi connectivity index (χ2n) is 5.82. The van der Waals surface area contributed by atoms with E-state index in [2.05, 4.69) is 20.6 Å². The maximum absolute atomic E-state index is 12.6. The molecule has 2 aromatic heterocycles. The van der Waals surface area contributed by atoms with E-state index in [9.17, 15) is 4.79 Å². The maximum Gasteiger partial charge on any atom is 0.277 e. The largest absolute Gasteiger partial charge is 0.497 e. The zero-order chi connectivity index (χ0) is 18.6. The number of carbonyl (C=O) groups excluding carboxylic acids is 1. The quantitative estimate of drug-likeness (QED) is 0.571. The van der Waals surface area contributed by atoms with Crippen LogP contribution in [0.4, 0.5) is 5.82 Å². The van der Waals surface area contributed by atoms with Gasteiger partial charge < -0.3 is 10.1 Å². The number of benzene rings is 2. The van der Waals surface area contributed by atoms with Crippen molar-refractivity contribution < 1.29 is 9.53 Å². The third kappa shape index (κ3) is 3.43. The normalized spacial score (nSPS) is 10.6. The van der Waals surface area contributed by atoms with Crippen molar-refractivity contribution in [3.8, 4) is 22.7 Å². The van der Waals surface area contributed by atoms with Crippen LogP contribution < -0.4 is 10.1 Å². The molecule has 4 rings (SSSR count). The topological polar surface area (TPSA) is 84.8 Å². The first-order valence-corrected chi connectivity index (χ1v) is 8.35. The van der Waals surface area contributed by atoms with Crippen LogP contribution in [0.1, 0.15) is 10.5 Å². The lowest BCUT2D eigenvalue weighted by Crippen LogP contribution is -2.13. The second-order valence-corrected chi connectivity index (χ2v) is 5.82. The third-order valence-electron chi connectivity index (χ3n) is 4.08. The van der Waals surface area contributed by atoms with Crippen molar-refractivity contribution in [1.82, 2.24) is 20.0 Å². The van der Waals surface area contributed by atoms with Crippen molar-refractivity contribution in [2.45, 2.75) is 0 Å². The molecule has 7 nitrogen and oxygen atoms in total. The minimum atomic E-state index is -0.316. The lowest BCUT2D eigenvalue weighted by atomic mass is 10.1. The van der Waals surface area contributed by atoms with Crippen molar-refractivity contribution in [2.75, 3.05) is 12.4 Å². The van der Waals surface area contributed by atoms with E-state index < -0.39 is 0 Å². The van der Waals surface area contributed by atoms with Gasteiger partial charge in [0.1, 0.15) is 11.6 Å². The summed E-state index contributed by atoms with van der Waals surface area (Å²) < 4.78 is 6.98. The number of nitrogens with zero attached hydrogens (tertiary/aromatic N) is 3. The van der Waals surface area contributed by atoms with Gasteiger partial charge in [0, 0.05) is 11.6 Å². The summed E-state index contributed by atoms with van der Waals surface area (Å²) in [5.74, 6) is 0.964. The first-order chi connectivity index (χ1) is 13.2. The highest BCUT2D eigenvalue weighted by Gasteiger charge is 2.17. The summed E-state index contributed by atoms with van der Waals surface area (Å²) in [5, 5.41) is 13.8. The van der Waals surface area contributed by atoms with Gasteiger partial charge in [-0.05, 0) is 42.5 Å². The number of hydrogen-bond acceptors (Lipinski definition) is 4. The fraction of sp³-hybridized carbons (Fsp3) is 0.0500. The smallest absolute Gasteiger partial charge is 0.277 e. The Bertz CT molecular complexity index is 1040. The maximum atomic E-state index is 12.6. The highest BCUT2D eigenvalue weighted by atomic mass is 16.5. The molecule has 134 valence electrons. The molecule has 0 aliphatic heterocycles. The Morgan fingerprint density at radius 1 is 1.07 bits per heavy atom. The van der Waals surface area contributed by atoms with E-state index in [0.717, 1.165) is 22.7 Å². The summed E-state index contributed by atoms with van der Waals surface area (Å²) in [6.45, 7) is 0. The number of hydrogen-bond donors (Lipinski definition) is 2. The number of rotatable bonds is 5. The van der Waals surface area contributed by atoms with Gasteiger partial charge in [-0.1, -0.05) is 18.2 Å². The summed E-state index contributed by atoms with van der Waals surface area (Å²) in [7, 11) is 1.63. The number of amides is 1. The third-order valence-corrected chi connectivity index (χ3v) is 4.08. The summed E-state index contributed by atoms with van der Waals surface area (Å²) >= 11 is 0. The molecular formula is C20H17N5O2. The van der Waals surface area contributed by atoms with Gasteiger partial charge >= 0.3 is 0 Å². The fourth-order valence-corrected chi connectivity index (χ4v) is 2.74. The Kier molecular flexibility index (Phi) is 4.40. The highest BCUT2D eigenvalue weighted by Crippen LogP contribution is 2.26. The van der Waals surface area contributed by atoms with E-state index in [4.69, 9.17) is 4.74 Å². The number of aromatic amines is 1. The molecule has 1 amide bonds. The summed E-state index contributed by atoms with van der Waals surface area (Å²) in [6.07, 6.45) is 1.57. The molecule has 27 heavy (non-hydrogen) atoms. The van der Waals surface area contributed by atoms with Gasteiger partial charge in [0.15, 0.2) is 5.69 Å². The molecule has 2 aromatic carbocycles. The van der Waals surface area contributed by atoms with Crippen molar-refractivity contribution in [3.63, 3.8) is 0 Å². The number of H-pyrrole nitrogens is 1. The van der Waals surface area contributed by atoms with Crippen LogP contribution in [0.25, 0.3) is 16.9 Å². The lowest BCUT2D eigenvalue weighted by Gasteiger charge is -2.08. The molecule has 0 unspecified atom stereocenters. The van der Waals surface area contributed by atoms with Crippen molar-refractivity contribution in [3.05, 3.63) is 78.6 Å². The lowest BCUT2D eigenvalue weighted by molar-refractivity contribution is 0.102. The molecule has 4 aromatic rings. The van der Waals surface area contributed by atoms with E-state index in [0.29, 0.717) is 11.5 Å². The van der Waals surface area contributed by atoms with Gasteiger partial charge in [0.05, 0.1) is 24.7 Å². The second kappa shape index (κ2) is 7.17. The van der Waals surface area contributed by atoms with Crippen LogP contribution in [0.15, 0.2) is 72.9 Å². The van der Waals surface area contributed by atoms with Crippen LogP contribution in [0.2, 0.25) is 0 Å². The predicted octanol–water partition coefficient (Wildman–Crippen LogP) is 3.52. The van der Waals surface area contributed by atoms with Gasteiger partial charge in [-0.2, -0.15) is 10.2 Å². The summed E-state index contributed by atoms with van der Waals surface area (Å²) in [5.41, 5.74) is 2.90. The fourth-order valence-electron chi connectivity index (χ4n) is 2.74. The number of anilines is 1. The molecule has 0 fully saturated rings. The van der Waals surface area contributed by atoms with Crippen molar-refractivity contribution in [1.29, 1.82) is 0 Å². The zero-order valence-electron chi connectivity index (χ0n) is 14.6. The van der Waals surface area contributed by atoms with Crippen LogP contribution in [0.3, 0.4) is 0 Å². The minimum absolute atomic E-state index is 0.305. The van der Waals surface area contributed by atoms with Gasteiger partial charge in [0.2, 0.25) is 0 Å². The van der Waals surface area contributed by atoms with E-state index in [1.807, 2.05) is 54.6 Å². The monoisotopic (exact) mass is 359 g/mol. The Labute approximate surface area is 155 Å². The van der Waals surface area contributed by atoms with Crippen molar-refractivity contribution in [2.24, 2.45) is 0 Å². The number of carbonyl (C=O) groups is 1. The molecule has 0 atom stereocenters. The number of para-hydroxylation sites is 1. The average molecular weight is 359 g/mol. The van der Waals surface area contributed by atoms with Crippen LogP contribution in [0, 0.1) is 0 Å². The first-order valence-electron chi connectivity index (χ1n) is 8.35. The molecule has 2 N–H and O–H groups in total. The number of nitrogens with one attached hydrogen (secondary N) is 2. The highest BCUT2D eigenvalue weighted by molar-refractivity contribution is 6.03. The summed E-state index contributed by atoms with van der Waals surface area (Å²) in [6, 6.07) is 20.7. The molecule has 2 heterocycles. The molecule has 0 saturated carbocycles. The zero-order valence-corrected chi connectivity index (χ0v) is 14.6.